The molecule has 0 heterocycles. The van der Waals surface area contributed by atoms with Crippen LogP contribution in [0.3, 0.4) is 0 Å². The number of hydrogen-bond acceptors (Lipinski definition) is 3. The Morgan fingerprint density at radius 3 is 2.60 bits per heavy atom. The lowest BCUT2D eigenvalue weighted by molar-refractivity contribution is 0.606. The third-order valence-corrected chi connectivity index (χ3v) is 1.56. The molecule has 0 aromatic carbocycles. The maximum absolute atomic E-state index is 4.69. The summed E-state index contributed by atoms with van der Waals surface area (Å²) in [4.78, 5) is 3.90. The molecule has 0 rings (SSSR count). The normalized spacial score (nSPS) is 11.7. The van der Waals surface area contributed by atoms with Gasteiger partial charge in [0.2, 0.25) is 0 Å². The first-order valence-electron chi connectivity index (χ1n) is 3.62. The fraction of sp³-hybridized carbons (Fsp3) is 0.857. The number of hydrogen-bond donors (Lipinski definition) is 1. The van der Waals surface area contributed by atoms with Crippen LogP contribution in [0, 0.1) is 0 Å². The molecule has 0 aromatic rings. The highest BCUT2D eigenvalue weighted by Crippen LogP contribution is 2.02. The fourth-order valence-corrected chi connectivity index (χ4v) is 0.897. The van der Waals surface area contributed by atoms with E-state index in [1.54, 1.807) is 7.05 Å². The van der Waals surface area contributed by atoms with Crippen LogP contribution < -0.4 is 0 Å². The highest BCUT2D eigenvalue weighted by atomic mass is 32.1. The van der Waals surface area contributed by atoms with Crippen LogP contribution in [0.15, 0.2) is 4.99 Å². The molecule has 0 aromatic heterocycles. The molecule has 60 valence electrons. The van der Waals surface area contributed by atoms with Crippen molar-refractivity contribution < 1.29 is 4.18 Å². The van der Waals surface area contributed by atoms with Gasteiger partial charge < -0.3 is 4.18 Å². The van der Waals surface area contributed by atoms with Gasteiger partial charge in [-0.25, -0.2) is 0 Å². The van der Waals surface area contributed by atoms with Gasteiger partial charge in [0.05, 0.1) is 0 Å². The Labute approximate surface area is 68.3 Å². The van der Waals surface area contributed by atoms with Crippen molar-refractivity contribution >= 4 is 18.8 Å². The number of rotatable bonds is 4. The van der Waals surface area contributed by atoms with Crippen molar-refractivity contribution in [2.24, 2.45) is 4.99 Å². The van der Waals surface area contributed by atoms with Crippen LogP contribution in [0.4, 0.5) is 0 Å². The lowest BCUT2D eigenvalue weighted by Crippen LogP contribution is -1.96. The van der Waals surface area contributed by atoms with E-state index >= 15 is 0 Å². The number of aliphatic imine (C=N–C) groups is 1. The summed E-state index contributed by atoms with van der Waals surface area (Å²) in [5.41, 5.74) is 0. The van der Waals surface area contributed by atoms with E-state index in [0.29, 0.717) is 0 Å². The Morgan fingerprint density at radius 2 is 2.20 bits per heavy atom. The van der Waals surface area contributed by atoms with Crippen molar-refractivity contribution in [2.45, 2.75) is 32.6 Å². The molecule has 0 spiro atoms. The average Bonchev–Trinajstić information content (AvgIpc) is 1.99. The minimum Gasteiger partial charge on any atom is -0.414 e. The Hall–Kier alpha value is -0.180. The van der Waals surface area contributed by atoms with E-state index in [9.17, 15) is 0 Å². The second kappa shape index (κ2) is 6.93. The Bertz CT molecular complexity index is 104. The van der Waals surface area contributed by atoms with Gasteiger partial charge in [-0.05, 0) is 6.42 Å². The Morgan fingerprint density at radius 1 is 1.50 bits per heavy atom. The van der Waals surface area contributed by atoms with Gasteiger partial charge >= 0.3 is 0 Å². The largest absolute Gasteiger partial charge is 0.414 e. The van der Waals surface area contributed by atoms with Crippen molar-refractivity contribution in [3.05, 3.63) is 0 Å². The van der Waals surface area contributed by atoms with Gasteiger partial charge in [0, 0.05) is 26.4 Å². The first kappa shape index (κ1) is 9.82. The van der Waals surface area contributed by atoms with Gasteiger partial charge in [-0.1, -0.05) is 19.8 Å². The molecule has 10 heavy (non-hydrogen) atoms. The minimum atomic E-state index is 0.733. The van der Waals surface area contributed by atoms with Crippen molar-refractivity contribution in [3.63, 3.8) is 0 Å². The molecule has 0 bridgehead atoms. The quantitative estimate of drug-likeness (QED) is 0.221. The third-order valence-electron chi connectivity index (χ3n) is 1.35. The highest BCUT2D eigenvalue weighted by Gasteiger charge is 1.95. The summed E-state index contributed by atoms with van der Waals surface area (Å²) in [6, 6.07) is 0. The maximum atomic E-state index is 4.69. The van der Waals surface area contributed by atoms with Crippen molar-refractivity contribution in [1.29, 1.82) is 0 Å². The second-order valence-electron chi connectivity index (χ2n) is 2.17. The van der Waals surface area contributed by atoms with Crippen LogP contribution in [0.1, 0.15) is 32.6 Å². The summed E-state index contributed by atoms with van der Waals surface area (Å²) < 4.78 is 4.69. The fourth-order valence-electron chi connectivity index (χ4n) is 0.724. The van der Waals surface area contributed by atoms with Gasteiger partial charge in [-0.2, -0.15) is 0 Å². The predicted molar refractivity (Wildman–Crippen MR) is 47.6 cm³/mol. The number of unbranched alkanes of at least 4 members (excludes halogenated alkanes) is 2. The summed E-state index contributed by atoms with van der Waals surface area (Å²) in [5, 5.41) is 0. The molecule has 0 aliphatic rings. The second-order valence-corrected chi connectivity index (χ2v) is 2.35. The average molecular weight is 161 g/mol. The molecular formula is C7H15NOS. The van der Waals surface area contributed by atoms with Crippen LogP contribution in [-0.2, 0) is 4.18 Å². The van der Waals surface area contributed by atoms with E-state index in [4.69, 9.17) is 4.18 Å². The van der Waals surface area contributed by atoms with Crippen molar-refractivity contribution in [1.82, 2.24) is 0 Å². The first-order valence-corrected chi connectivity index (χ1v) is 3.98. The summed E-state index contributed by atoms with van der Waals surface area (Å²) in [7, 11) is 1.72. The van der Waals surface area contributed by atoms with E-state index in [-0.39, 0.29) is 0 Å². The summed E-state index contributed by atoms with van der Waals surface area (Å²) in [6.45, 7) is 2.17. The Balaban J connectivity index is 3.27. The lowest BCUT2D eigenvalue weighted by Gasteiger charge is -1.99. The van der Waals surface area contributed by atoms with Crippen LogP contribution >= 0.6 is 12.9 Å². The van der Waals surface area contributed by atoms with Crippen LogP contribution in [-0.4, -0.2) is 12.9 Å². The lowest BCUT2D eigenvalue weighted by atomic mass is 10.2. The summed E-state index contributed by atoms with van der Waals surface area (Å²) >= 11 is 3.67. The molecule has 0 saturated heterocycles. The molecule has 3 heteroatoms. The smallest absolute Gasteiger partial charge is 0.198 e. The zero-order valence-corrected chi connectivity index (χ0v) is 7.53. The SMILES string of the molecule is CCCCC/C(=N/C)OS. The topological polar surface area (TPSA) is 21.6 Å². The zero-order chi connectivity index (χ0) is 7.82. The summed E-state index contributed by atoms with van der Waals surface area (Å²) in [5.74, 6) is 0.733. The molecule has 0 amide bonds. The molecule has 0 aliphatic heterocycles. The van der Waals surface area contributed by atoms with Gasteiger partial charge in [0.25, 0.3) is 0 Å². The molecule has 0 fully saturated rings. The maximum Gasteiger partial charge on any atom is 0.198 e. The molecule has 0 aliphatic carbocycles. The molecule has 0 saturated carbocycles. The van der Waals surface area contributed by atoms with E-state index in [2.05, 4.69) is 24.8 Å². The van der Waals surface area contributed by atoms with Gasteiger partial charge in [0.15, 0.2) is 5.90 Å². The van der Waals surface area contributed by atoms with E-state index in [0.717, 1.165) is 18.7 Å². The van der Waals surface area contributed by atoms with Gasteiger partial charge in [-0.3, -0.25) is 4.99 Å². The van der Waals surface area contributed by atoms with E-state index in [1.165, 1.54) is 12.8 Å². The highest BCUT2D eigenvalue weighted by molar-refractivity contribution is 7.75. The summed E-state index contributed by atoms with van der Waals surface area (Å²) in [6.07, 6.45) is 4.51. The standard InChI is InChI=1S/C7H15NOS/c1-3-4-5-6-7(8-2)9-10/h10H,3-6H2,1-2H3/b8-7-. The van der Waals surface area contributed by atoms with Crippen LogP contribution in [0.5, 0.6) is 0 Å². The first-order chi connectivity index (χ1) is 4.85. The van der Waals surface area contributed by atoms with Crippen LogP contribution in [0.2, 0.25) is 0 Å². The predicted octanol–water partition coefficient (Wildman–Crippen LogP) is 2.46. The third kappa shape index (κ3) is 4.68. The molecule has 0 N–H and O–H groups in total. The molecule has 0 atom stereocenters. The van der Waals surface area contributed by atoms with E-state index < -0.39 is 0 Å². The van der Waals surface area contributed by atoms with Gasteiger partial charge in [-0.15, -0.1) is 0 Å². The molecule has 0 radical (unpaired) electrons. The molecular weight excluding hydrogens is 146 g/mol. The number of thiol groups is 1. The van der Waals surface area contributed by atoms with Crippen molar-refractivity contribution in [2.75, 3.05) is 7.05 Å². The van der Waals surface area contributed by atoms with Crippen molar-refractivity contribution in [3.8, 4) is 0 Å². The molecule has 0 unspecified atom stereocenters. The Kier molecular flexibility index (Phi) is 6.81. The van der Waals surface area contributed by atoms with E-state index in [1.807, 2.05) is 0 Å². The number of nitrogens with zero attached hydrogens (tertiary/aromatic N) is 1. The monoisotopic (exact) mass is 161 g/mol. The van der Waals surface area contributed by atoms with Crippen LogP contribution in [0.25, 0.3) is 0 Å². The molecule has 2 nitrogen and oxygen atoms in total. The minimum absolute atomic E-state index is 0.733. The van der Waals surface area contributed by atoms with Gasteiger partial charge in [0.1, 0.15) is 0 Å². The zero-order valence-electron chi connectivity index (χ0n) is 6.63.